The fraction of sp³-hybridized carbons (Fsp3) is 0.150. The van der Waals surface area contributed by atoms with E-state index in [0.717, 1.165) is 16.9 Å². The van der Waals surface area contributed by atoms with Crippen molar-refractivity contribution in [3.63, 3.8) is 0 Å². The van der Waals surface area contributed by atoms with E-state index >= 15 is 0 Å². The van der Waals surface area contributed by atoms with Gasteiger partial charge in [-0.3, -0.25) is 4.90 Å². The van der Waals surface area contributed by atoms with Gasteiger partial charge in [-0.05, 0) is 23.3 Å². The highest BCUT2D eigenvalue weighted by molar-refractivity contribution is 5.67. The quantitative estimate of drug-likeness (QED) is 0.665. The SMILES string of the molecule is O=C(OCc1ccccc1)N(Cc1ccccc1)Cc1ccco1. The lowest BCUT2D eigenvalue weighted by Crippen LogP contribution is -2.30. The minimum absolute atomic E-state index is 0.253. The summed E-state index contributed by atoms with van der Waals surface area (Å²) >= 11 is 0. The van der Waals surface area contributed by atoms with Crippen LogP contribution in [0.5, 0.6) is 0 Å². The van der Waals surface area contributed by atoms with Crippen LogP contribution < -0.4 is 0 Å². The van der Waals surface area contributed by atoms with Crippen molar-refractivity contribution in [1.29, 1.82) is 0 Å². The van der Waals surface area contributed by atoms with E-state index in [1.807, 2.05) is 72.8 Å². The molecule has 2 aromatic carbocycles. The molecule has 0 aliphatic rings. The molecule has 0 aliphatic heterocycles. The number of furan rings is 1. The smallest absolute Gasteiger partial charge is 0.410 e. The van der Waals surface area contributed by atoms with Gasteiger partial charge in [-0.2, -0.15) is 0 Å². The standard InChI is InChI=1S/C20H19NO3/c22-20(24-16-18-10-5-2-6-11-18)21(15-19-12-7-13-23-19)14-17-8-3-1-4-9-17/h1-13H,14-16H2. The van der Waals surface area contributed by atoms with Crippen LogP contribution in [0.4, 0.5) is 4.79 Å². The Kier molecular flexibility index (Phi) is 5.30. The molecule has 0 unspecified atom stereocenters. The van der Waals surface area contributed by atoms with Crippen molar-refractivity contribution in [3.05, 3.63) is 95.9 Å². The van der Waals surface area contributed by atoms with Crippen LogP contribution in [0.3, 0.4) is 0 Å². The summed E-state index contributed by atoms with van der Waals surface area (Å²) in [4.78, 5) is 14.1. The summed E-state index contributed by atoms with van der Waals surface area (Å²) in [5.41, 5.74) is 2.00. The molecule has 1 amide bonds. The molecule has 1 aromatic heterocycles. The van der Waals surface area contributed by atoms with Gasteiger partial charge in [0.1, 0.15) is 12.4 Å². The molecule has 0 N–H and O–H groups in total. The first-order chi connectivity index (χ1) is 11.8. The molecule has 3 rings (SSSR count). The van der Waals surface area contributed by atoms with Crippen molar-refractivity contribution >= 4 is 6.09 Å². The summed E-state index contributed by atoms with van der Waals surface area (Å²) in [7, 11) is 0. The summed E-state index contributed by atoms with van der Waals surface area (Å²) in [6.45, 7) is 1.09. The number of ether oxygens (including phenoxy) is 1. The Hall–Kier alpha value is -3.01. The zero-order valence-electron chi connectivity index (χ0n) is 13.3. The van der Waals surface area contributed by atoms with E-state index in [0.29, 0.717) is 13.1 Å². The zero-order chi connectivity index (χ0) is 16.6. The Morgan fingerprint density at radius 1 is 0.833 bits per heavy atom. The lowest BCUT2D eigenvalue weighted by Gasteiger charge is -2.21. The number of benzene rings is 2. The van der Waals surface area contributed by atoms with E-state index in [2.05, 4.69) is 0 Å². The lowest BCUT2D eigenvalue weighted by molar-refractivity contribution is 0.0884. The van der Waals surface area contributed by atoms with Crippen molar-refractivity contribution in [1.82, 2.24) is 4.90 Å². The Bertz CT molecular complexity index is 739. The van der Waals surface area contributed by atoms with Crippen LogP contribution in [0.25, 0.3) is 0 Å². The summed E-state index contributed by atoms with van der Waals surface area (Å²) in [5.74, 6) is 0.725. The van der Waals surface area contributed by atoms with Crippen LogP contribution in [-0.4, -0.2) is 11.0 Å². The molecule has 0 fully saturated rings. The molecule has 122 valence electrons. The average Bonchev–Trinajstić information content (AvgIpc) is 3.14. The minimum Gasteiger partial charge on any atom is -0.467 e. The number of carbonyl (C=O) groups is 1. The largest absolute Gasteiger partial charge is 0.467 e. The Balaban J connectivity index is 1.67. The third-order valence-corrected chi connectivity index (χ3v) is 3.61. The van der Waals surface area contributed by atoms with Crippen molar-refractivity contribution in [2.45, 2.75) is 19.7 Å². The normalized spacial score (nSPS) is 10.3. The van der Waals surface area contributed by atoms with E-state index in [-0.39, 0.29) is 12.7 Å². The highest BCUT2D eigenvalue weighted by Crippen LogP contribution is 2.13. The van der Waals surface area contributed by atoms with E-state index < -0.39 is 0 Å². The van der Waals surface area contributed by atoms with E-state index in [1.165, 1.54) is 0 Å². The molecular formula is C20H19NO3. The number of hydrogen-bond donors (Lipinski definition) is 0. The molecular weight excluding hydrogens is 302 g/mol. The summed E-state index contributed by atoms with van der Waals surface area (Å²) in [6.07, 6.45) is 1.24. The second-order valence-corrected chi connectivity index (χ2v) is 5.46. The Labute approximate surface area is 141 Å². The fourth-order valence-electron chi connectivity index (χ4n) is 2.39. The maximum atomic E-state index is 12.5. The van der Waals surface area contributed by atoms with Crippen molar-refractivity contribution in [3.8, 4) is 0 Å². The average molecular weight is 321 g/mol. The molecule has 1 heterocycles. The van der Waals surface area contributed by atoms with Gasteiger partial charge in [0, 0.05) is 6.54 Å². The van der Waals surface area contributed by atoms with Gasteiger partial charge in [0.05, 0.1) is 12.8 Å². The maximum absolute atomic E-state index is 12.5. The van der Waals surface area contributed by atoms with Gasteiger partial charge < -0.3 is 9.15 Å². The maximum Gasteiger partial charge on any atom is 0.410 e. The van der Waals surface area contributed by atoms with Gasteiger partial charge in [-0.1, -0.05) is 60.7 Å². The first-order valence-corrected chi connectivity index (χ1v) is 7.83. The third kappa shape index (κ3) is 4.49. The second-order valence-electron chi connectivity index (χ2n) is 5.46. The molecule has 0 saturated heterocycles. The molecule has 3 aromatic rings. The highest BCUT2D eigenvalue weighted by Gasteiger charge is 2.17. The third-order valence-electron chi connectivity index (χ3n) is 3.61. The molecule has 0 radical (unpaired) electrons. The van der Waals surface area contributed by atoms with Crippen LogP contribution in [0, 0.1) is 0 Å². The highest BCUT2D eigenvalue weighted by atomic mass is 16.6. The molecule has 4 nitrogen and oxygen atoms in total. The predicted octanol–water partition coefficient (Wildman–Crippen LogP) is 4.62. The molecule has 0 spiro atoms. The first-order valence-electron chi connectivity index (χ1n) is 7.83. The number of carbonyl (C=O) groups excluding carboxylic acids is 1. The number of hydrogen-bond acceptors (Lipinski definition) is 3. The molecule has 0 saturated carbocycles. The number of amides is 1. The Morgan fingerprint density at radius 2 is 1.50 bits per heavy atom. The molecule has 0 atom stereocenters. The van der Waals surface area contributed by atoms with Gasteiger partial charge in [0.2, 0.25) is 0 Å². The van der Waals surface area contributed by atoms with Crippen LogP contribution in [0.1, 0.15) is 16.9 Å². The summed E-state index contributed by atoms with van der Waals surface area (Å²) < 4.78 is 10.8. The predicted molar refractivity (Wildman–Crippen MR) is 91.0 cm³/mol. The van der Waals surface area contributed by atoms with Gasteiger partial charge >= 0.3 is 6.09 Å². The van der Waals surface area contributed by atoms with E-state index in [1.54, 1.807) is 11.2 Å². The minimum atomic E-state index is -0.362. The topological polar surface area (TPSA) is 42.7 Å². The first kappa shape index (κ1) is 15.9. The van der Waals surface area contributed by atoms with Crippen LogP contribution in [0.15, 0.2) is 83.5 Å². The lowest BCUT2D eigenvalue weighted by atomic mass is 10.2. The van der Waals surface area contributed by atoms with E-state index in [4.69, 9.17) is 9.15 Å². The van der Waals surface area contributed by atoms with Crippen molar-refractivity contribution in [2.24, 2.45) is 0 Å². The number of nitrogens with zero attached hydrogens (tertiary/aromatic N) is 1. The second kappa shape index (κ2) is 8.02. The molecule has 24 heavy (non-hydrogen) atoms. The van der Waals surface area contributed by atoms with E-state index in [9.17, 15) is 4.79 Å². The summed E-state index contributed by atoms with van der Waals surface area (Å²) in [5, 5.41) is 0. The van der Waals surface area contributed by atoms with Crippen molar-refractivity contribution in [2.75, 3.05) is 0 Å². The van der Waals surface area contributed by atoms with Crippen LogP contribution >= 0.6 is 0 Å². The van der Waals surface area contributed by atoms with Crippen molar-refractivity contribution < 1.29 is 13.9 Å². The van der Waals surface area contributed by atoms with Gasteiger partial charge in [0.25, 0.3) is 0 Å². The summed E-state index contributed by atoms with van der Waals surface area (Å²) in [6, 6.07) is 23.1. The monoisotopic (exact) mass is 321 g/mol. The number of rotatable bonds is 6. The van der Waals surface area contributed by atoms with Gasteiger partial charge in [-0.15, -0.1) is 0 Å². The van der Waals surface area contributed by atoms with Gasteiger partial charge in [0.15, 0.2) is 0 Å². The van der Waals surface area contributed by atoms with Gasteiger partial charge in [-0.25, -0.2) is 4.79 Å². The zero-order valence-corrected chi connectivity index (χ0v) is 13.3. The molecule has 0 bridgehead atoms. The molecule has 0 aliphatic carbocycles. The Morgan fingerprint density at radius 3 is 2.12 bits per heavy atom. The molecule has 4 heteroatoms. The van der Waals surface area contributed by atoms with Crippen LogP contribution in [0.2, 0.25) is 0 Å². The van der Waals surface area contributed by atoms with Crippen LogP contribution in [-0.2, 0) is 24.4 Å². The fourth-order valence-corrected chi connectivity index (χ4v) is 2.39.